The largest absolute Gasteiger partial charge is 0.508 e. The van der Waals surface area contributed by atoms with E-state index in [2.05, 4.69) is 5.32 Å². The maximum atomic E-state index is 13.0. The van der Waals surface area contributed by atoms with Crippen LogP contribution in [0.25, 0.3) is 0 Å². The maximum Gasteiger partial charge on any atom is 0.328 e. The predicted octanol–water partition coefficient (Wildman–Crippen LogP) is 3.63. The topological polar surface area (TPSA) is 179 Å². The molecule has 13 heteroatoms. The molecule has 0 spiro atoms. The molecular weight excluding hydrogens is 494 g/mol. The van der Waals surface area contributed by atoms with Gasteiger partial charge in [-0.3, -0.25) is 20.2 Å². The van der Waals surface area contributed by atoms with E-state index >= 15 is 0 Å². The van der Waals surface area contributed by atoms with Gasteiger partial charge >= 0.3 is 5.97 Å². The Bertz CT molecular complexity index is 1410. The zero-order valence-electron chi connectivity index (χ0n) is 18.9. The second-order valence-electron chi connectivity index (χ2n) is 7.51. The van der Waals surface area contributed by atoms with Crippen LogP contribution in [0.3, 0.4) is 0 Å². The van der Waals surface area contributed by atoms with Crippen molar-refractivity contribution in [1.82, 2.24) is 0 Å². The van der Waals surface area contributed by atoms with Gasteiger partial charge in [-0.05, 0) is 42.8 Å². The van der Waals surface area contributed by atoms with Gasteiger partial charge in [-0.2, -0.15) is 0 Å². The molecule has 0 saturated heterocycles. The number of aromatic hydroxyl groups is 1. The van der Waals surface area contributed by atoms with Crippen LogP contribution >= 0.6 is 0 Å². The molecule has 0 unspecified atom stereocenters. The van der Waals surface area contributed by atoms with E-state index < -0.39 is 52.9 Å². The first-order chi connectivity index (χ1) is 17.0. The molecule has 0 saturated carbocycles. The Labute approximate surface area is 205 Å². The van der Waals surface area contributed by atoms with Gasteiger partial charge < -0.3 is 15.2 Å². The lowest BCUT2D eigenvalue weighted by Crippen LogP contribution is -2.33. The van der Waals surface area contributed by atoms with E-state index in [4.69, 9.17) is 4.74 Å². The van der Waals surface area contributed by atoms with Crippen molar-refractivity contribution in [3.8, 4) is 5.75 Å². The normalized spacial score (nSPS) is 11.9. The first kappa shape index (κ1) is 26.1. The second-order valence-corrected chi connectivity index (χ2v) is 9.46. The highest BCUT2D eigenvalue weighted by atomic mass is 32.2. The van der Waals surface area contributed by atoms with Crippen LogP contribution < -0.4 is 5.32 Å². The number of sulfone groups is 1. The molecule has 0 aromatic heterocycles. The zero-order valence-corrected chi connectivity index (χ0v) is 19.7. The Morgan fingerprint density at radius 1 is 1.00 bits per heavy atom. The third kappa shape index (κ3) is 5.93. The minimum Gasteiger partial charge on any atom is -0.508 e. The van der Waals surface area contributed by atoms with Crippen LogP contribution in [0.1, 0.15) is 12.5 Å². The average molecular weight is 516 g/mol. The number of phenolic OH excluding ortho intramolecular Hbond substituents is 1. The van der Waals surface area contributed by atoms with Crippen LogP contribution in [0, 0.1) is 20.2 Å². The highest BCUT2D eigenvalue weighted by Crippen LogP contribution is 2.32. The Kier molecular flexibility index (Phi) is 7.84. The molecule has 3 aromatic carbocycles. The van der Waals surface area contributed by atoms with Gasteiger partial charge in [0, 0.05) is 24.6 Å². The van der Waals surface area contributed by atoms with Crippen molar-refractivity contribution in [1.29, 1.82) is 0 Å². The summed E-state index contributed by atoms with van der Waals surface area (Å²) in [5, 5.41) is 35.0. The number of benzene rings is 3. The summed E-state index contributed by atoms with van der Waals surface area (Å²) in [6.45, 7) is 1.67. The minimum absolute atomic E-state index is 0.0237. The van der Waals surface area contributed by atoms with Crippen LogP contribution in [-0.2, 0) is 25.8 Å². The van der Waals surface area contributed by atoms with Gasteiger partial charge in [-0.1, -0.05) is 18.2 Å². The molecule has 0 bridgehead atoms. The summed E-state index contributed by atoms with van der Waals surface area (Å²) >= 11 is 0. The van der Waals surface area contributed by atoms with E-state index in [0.29, 0.717) is 5.56 Å². The van der Waals surface area contributed by atoms with E-state index in [0.717, 1.165) is 36.4 Å². The fourth-order valence-electron chi connectivity index (χ4n) is 3.34. The molecule has 12 nitrogen and oxygen atoms in total. The van der Waals surface area contributed by atoms with E-state index in [-0.39, 0.29) is 24.5 Å². The Morgan fingerprint density at radius 2 is 1.67 bits per heavy atom. The molecule has 0 heterocycles. The molecule has 3 aromatic rings. The van der Waals surface area contributed by atoms with Gasteiger partial charge in [0.05, 0.1) is 26.2 Å². The lowest BCUT2D eigenvalue weighted by atomic mass is 10.1. The second kappa shape index (κ2) is 10.8. The molecule has 1 atom stereocenters. The minimum atomic E-state index is -4.33. The number of nitro benzene ring substituents is 2. The average Bonchev–Trinajstić information content (AvgIpc) is 2.85. The molecule has 0 amide bonds. The number of hydrogen-bond donors (Lipinski definition) is 2. The number of nitro groups is 2. The number of nitrogens with one attached hydrogen (secondary N) is 1. The van der Waals surface area contributed by atoms with Gasteiger partial charge in [0.2, 0.25) is 9.84 Å². The number of ether oxygens (including phenoxy) is 1. The van der Waals surface area contributed by atoms with Gasteiger partial charge in [-0.15, -0.1) is 0 Å². The van der Waals surface area contributed by atoms with Crippen LogP contribution in [0.2, 0.25) is 0 Å². The zero-order chi connectivity index (χ0) is 26.5. The number of hydrogen-bond acceptors (Lipinski definition) is 10. The Morgan fingerprint density at radius 3 is 2.28 bits per heavy atom. The predicted molar refractivity (Wildman–Crippen MR) is 127 cm³/mol. The molecule has 2 N–H and O–H groups in total. The fourth-order valence-corrected chi connectivity index (χ4v) is 4.66. The molecule has 0 aliphatic heterocycles. The lowest BCUT2D eigenvalue weighted by molar-refractivity contribution is -0.385. The van der Waals surface area contributed by atoms with Gasteiger partial charge in [-0.25, -0.2) is 13.2 Å². The molecule has 0 aliphatic rings. The van der Waals surface area contributed by atoms with Crippen molar-refractivity contribution >= 4 is 32.9 Å². The van der Waals surface area contributed by atoms with E-state index in [1.165, 1.54) is 18.2 Å². The highest BCUT2D eigenvalue weighted by molar-refractivity contribution is 7.91. The molecular formula is C23H21N3O9S. The lowest BCUT2D eigenvalue weighted by Gasteiger charge is -2.19. The smallest absolute Gasteiger partial charge is 0.328 e. The summed E-state index contributed by atoms with van der Waals surface area (Å²) in [5.41, 5.74) is -0.572. The van der Waals surface area contributed by atoms with Gasteiger partial charge in [0.15, 0.2) is 0 Å². The Hall–Kier alpha value is -4.52. The van der Waals surface area contributed by atoms with Crippen molar-refractivity contribution in [2.45, 2.75) is 29.2 Å². The molecule has 0 fully saturated rings. The first-order valence-corrected chi connectivity index (χ1v) is 12.0. The molecule has 0 aliphatic carbocycles. The number of non-ortho nitro benzene ring substituents is 1. The summed E-state index contributed by atoms with van der Waals surface area (Å²) in [6.07, 6.45) is 0.0595. The van der Waals surface area contributed by atoms with Crippen molar-refractivity contribution in [3.63, 3.8) is 0 Å². The van der Waals surface area contributed by atoms with Crippen LogP contribution in [0.5, 0.6) is 5.75 Å². The van der Waals surface area contributed by atoms with Crippen LogP contribution in [0.4, 0.5) is 17.1 Å². The number of esters is 1. The third-order valence-electron chi connectivity index (χ3n) is 5.09. The molecule has 36 heavy (non-hydrogen) atoms. The summed E-state index contributed by atoms with van der Waals surface area (Å²) in [6, 6.07) is 12.3. The van der Waals surface area contributed by atoms with E-state index in [1.54, 1.807) is 19.1 Å². The van der Waals surface area contributed by atoms with Crippen LogP contribution in [0.15, 0.2) is 76.5 Å². The number of rotatable bonds is 10. The molecule has 3 rings (SSSR count). The third-order valence-corrected chi connectivity index (χ3v) is 6.84. The van der Waals surface area contributed by atoms with Crippen molar-refractivity contribution in [2.24, 2.45) is 0 Å². The number of nitrogens with zero attached hydrogens (tertiary/aromatic N) is 2. The number of carbonyl (C=O) groups excluding carboxylic acids is 1. The number of anilines is 1. The van der Waals surface area contributed by atoms with Gasteiger partial charge in [0.1, 0.15) is 17.5 Å². The van der Waals surface area contributed by atoms with Gasteiger partial charge in [0.25, 0.3) is 11.4 Å². The van der Waals surface area contributed by atoms with Crippen LogP contribution in [-0.4, -0.2) is 42.0 Å². The quantitative estimate of drug-likeness (QED) is 0.230. The monoisotopic (exact) mass is 515 g/mol. The first-order valence-electron chi connectivity index (χ1n) is 10.5. The van der Waals surface area contributed by atoms with Crippen molar-refractivity contribution in [2.75, 3.05) is 11.9 Å². The van der Waals surface area contributed by atoms with Crippen molar-refractivity contribution < 1.29 is 32.9 Å². The number of phenols is 1. The standard InChI is InChI=1S/C23H21N3O9S/c1-2-35-23(28)21(12-15-6-8-17(27)9-7-15)24-20-11-10-19(14-22(20)26(31)32)36(33,34)18-5-3-4-16(13-18)25(29)30/h3-11,13-14,21,24,27H,2,12H2,1H3/t21-/m1/s1. The Balaban J connectivity index is 1.99. The SMILES string of the molecule is CCOC(=O)[C@@H](Cc1ccc(O)cc1)Nc1ccc(S(=O)(=O)c2cccc([N+](=O)[O-])c2)cc1[N+](=O)[O-]. The van der Waals surface area contributed by atoms with E-state index in [1.807, 2.05) is 0 Å². The summed E-state index contributed by atoms with van der Waals surface area (Å²) in [7, 11) is -4.33. The van der Waals surface area contributed by atoms with Crippen molar-refractivity contribution in [3.05, 3.63) is 92.5 Å². The maximum absolute atomic E-state index is 13.0. The van der Waals surface area contributed by atoms with E-state index in [9.17, 15) is 38.5 Å². The number of carbonyl (C=O) groups is 1. The summed E-state index contributed by atoms with van der Waals surface area (Å²) in [5.74, 6) is -0.663. The molecule has 0 radical (unpaired) electrons. The summed E-state index contributed by atoms with van der Waals surface area (Å²) in [4.78, 5) is 32.9. The molecule has 188 valence electrons. The fraction of sp³-hybridized carbons (Fsp3) is 0.174. The summed E-state index contributed by atoms with van der Waals surface area (Å²) < 4.78 is 31.1. The highest BCUT2D eigenvalue weighted by Gasteiger charge is 2.28.